The van der Waals surface area contributed by atoms with Gasteiger partial charge in [-0.1, -0.05) is 13.8 Å². The maximum absolute atomic E-state index is 12.1. The van der Waals surface area contributed by atoms with E-state index in [1.165, 1.54) is 0 Å². The number of carbonyl (C=O) groups is 1. The second kappa shape index (κ2) is 5.89. The molecule has 0 atom stereocenters. The van der Waals surface area contributed by atoms with Crippen LogP contribution in [0.25, 0.3) is 0 Å². The van der Waals surface area contributed by atoms with E-state index >= 15 is 0 Å². The predicted octanol–water partition coefficient (Wildman–Crippen LogP) is 2.80. The summed E-state index contributed by atoms with van der Waals surface area (Å²) in [6.07, 6.45) is 3.13. The molecule has 0 saturated carbocycles. The fraction of sp³-hybridized carbons (Fsp3) is 0.692. The minimum absolute atomic E-state index is 0.299. The van der Waals surface area contributed by atoms with Crippen LogP contribution in [0.3, 0.4) is 0 Å². The number of hydrogen-bond acceptors (Lipinski definition) is 3. The molecule has 0 saturated heterocycles. The molecule has 0 spiro atoms. The van der Waals surface area contributed by atoms with Gasteiger partial charge < -0.3 is 14.6 Å². The van der Waals surface area contributed by atoms with Gasteiger partial charge in [-0.3, -0.25) is 0 Å². The molecule has 1 amide bonds. The lowest BCUT2D eigenvalue weighted by atomic mass is 10.2. The molecule has 0 fully saturated rings. The molecular weight excluding hydrogens is 230 g/mol. The molecule has 1 aromatic heterocycles. The van der Waals surface area contributed by atoms with Crippen LogP contribution in [0.15, 0.2) is 12.4 Å². The van der Waals surface area contributed by atoms with Gasteiger partial charge >= 0.3 is 6.09 Å². The fourth-order valence-electron chi connectivity index (χ4n) is 1.54. The second-order valence-electron chi connectivity index (χ2n) is 5.79. The highest BCUT2D eigenvalue weighted by atomic mass is 16.6. The summed E-state index contributed by atoms with van der Waals surface area (Å²) in [6, 6.07) is 0. The fourth-order valence-corrected chi connectivity index (χ4v) is 1.54. The number of imidazole rings is 1. The zero-order valence-electron chi connectivity index (χ0n) is 11.9. The van der Waals surface area contributed by atoms with Crippen LogP contribution >= 0.6 is 0 Å². The Labute approximate surface area is 109 Å². The largest absolute Gasteiger partial charge is 0.444 e. The summed E-state index contributed by atoms with van der Waals surface area (Å²) in [6.45, 7) is 10.8. The van der Waals surface area contributed by atoms with Crippen LogP contribution < -0.4 is 0 Å². The molecule has 1 N–H and O–H groups in total. The number of nitrogens with zero attached hydrogens (tertiary/aromatic N) is 2. The van der Waals surface area contributed by atoms with Gasteiger partial charge in [-0.25, -0.2) is 9.78 Å². The summed E-state index contributed by atoms with van der Waals surface area (Å²) in [5.41, 5.74) is -0.477. The second-order valence-corrected chi connectivity index (χ2v) is 5.79. The molecule has 0 aliphatic rings. The Morgan fingerprint density at radius 1 is 1.50 bits per heavy atom. The van der Waals surface area contributed by atoms with Crippen molar-refractivity contribution in [3.8, 4) is 0 Å². The number of H-pyrrole nitrogens is 1. The van der Waals surface area contributed by atoms with Crippen molar-refractivity contribution in [3.63, 3.8) is 0 Å². The van der Waals surface area contributed by atoms with Gasteiger partial charge in [-0.15, -0.1) is 0 Å². The minimum Gasteiger partial charge on any atom is -0.444 e. The molecule has 0 aromatic carbocycles. The van der Waals surface area contributed by atoms with Crippen molar-refractivity contribution in [2.24, 2.45) is 5.92 Å². The van der Waals surface area contributed by atoms with Crippen molar-refractivity contribution < 1.29 is 9.53 Å². The molecule has 0 unspecified atom stereocenters. The zero-order chi connectivity index (χ0) is 13.8. The maximum Gasteiger partial charge on any atom is 0.410 e. The van der Waals surface area contributed by atoms with Gasteiger partial charge in [-0.2, -0.15) is 0 Å². The monoisotopic (exact) mass is 253 g/mol. The normalized spacial score (nSPS) is 11.7. The van der Waals surface area contributed by atoms with E-state index < -0.39 is 5.60 Å². The molecule has 1 aromatic rings. The van der Waals surface area contributed by atoms with E-state index in [0.29, 0.717) is 19.0 Å². The Morgan fingerprint density at radius 2 is 2.17 bits per heavy atom. The topological polar surface area (TPSA) is 58.2 Å². The molecule has 0 bridgehead atoms. The summed E-state index contributed by atoms with van der Waals surface area (Å²) < 4.78 is 5.39. The van der Waals surface area contributed by atoms with Crippen LogP contribution in [0.2, 0.25) is 0 Å². The van der Waals surface area contributed by atoms with Gasteiger partial charge in [-0.05, 0) is 26.7 Å². The molecule has 5 heteroatoms. The first kappa shape index (κ1) is 14.5. The number of carbonyl (C=O) groups excluding carboxylic acids is 1. The van der Waals surface area contributed by atoms with Crippen LogP contribution in [0.1, 0.15) is 40.4 Å². The lowest BCUT2D eigenvalue weighted by molar-refractivity contribution is 0.0206. The average molecular weight is 253 g/mol. The van der Waals surface area contributed by atoms with Gasteiger partial charge in [0.2, 0.25) is 0 Å². The van der Waals surface area contributed by atoms with Gasteiger partial charge in [0.05, 0.1) is 6.54 Å². The van der Waals surface area contributed by atoms with Crippen molar-refractivity contribution in [3.05, 3.63) is 18.2 Å². The van der Waals surface area contributed by atoms with Crippen molar-refractivity contribution in [2.45, 2.75) is 46.8 Å². The standard InChI is InChI=1S/C13H23N3O2/c1-10(2)8-16(9-11-14-6-7-15-11)12(17)18-13(3,4)5/h6-7,10H,8-9H2,1-5H3,(H,14,15). The number of aromatic amines is 1. The molecule has 0 radical (unpaired) electrons. The van der Waals surface area contributed by atoms with Crippen molar-refractivity contribution in [2.75, 3.05) is 6.54 Å². The Morgan fingerprint density at radius 3 is 2.61 bits per heavy atom. The van der Waals surface area contributed by atoms with E-state index in [4.69, 9.17) is 4.74 Å². The van der Waals surface area contributed by atoms with E-state index in [1.54, 1.807) is 17.3 Å². The van der Waals surface area contributed by atoms with Crippen molar-refractivity contribution >= 4 is 6.09 Å². The van der Waals surface area contributed by atoms with E-state index in [0.717, 1.165) is 5.82 Å². The summed E-state index contributed by atoms with van der Waals surface area (Å²) in [5, 5.41) is 0. The van der Waals surface area contributed by atoms with Gasteiger partial charge in [0.1, 0.15) is 11.4 Å². The van der Waals surface area contributed by atoms with Crippen LogP contribution in [-0.4, -0.2) is 33.1 Å². The average Bonchev–Trinajstić information content (AvgIpc) is 2.65. The van der Waals surface area contributed by atoms with Crippen LogP contribution in [0, 0.1) is 5.92 Å². The SMILES string of the molecule is CC(C)CN(Cc1ncc[nH]1)C(=O)OC(C)(C)C. The van der Waals surface area contributed by atoms with E-state index in [1.807, 2.05) is 20.8 Å². The first-order valence-corrected chi connectivity index (χ1v) is 6.24. The number of aromatic nitrogens is 2. The number of rotatable bonds is 4. The summed E-state index contributed by atoms with van der Waals surface area (Å²) in [5.74, 6) is 1.15. The lowest BCUT2D eigenvalue weighted by Gasteiger charge is -2.28. The highest BCUT2D eigenvalue weighted by Gasteiger charge is 2.23. The highest BCUT2D eigenvalue weighted by Crippen LogP contribution is 2.13. The van der Waals surface area contributed by atoms with Crippen molar-refractivity contribution in [1.82, 2.24) is 14.9 Å². The summed E-state index contributed by atoms with van der Waals surface area (Å²) >= 11 is 0. The lowest BCUT2D eigenvalue weighted by Crippen LogP contribution is -2.38. The predicted molar refractivity (Wildman–Crippen MR) is 70.1 cm³/mol. The first-order chi connectivity index (χ1) is 8.28. The Balaban J connectivity index is 2.68. The molecule has 0 aliphatic heterocycles. The maximum atomic E-state index is 12.1. The zero-order valence-corrected chi connectivity index (χ0v) is 11.9. The van der Waals surface area contributed by atoms with Crippen LogP contribution in [0.5, 0.6) is 0 Å². The third kappa shape index (κ3) is 5.21. The Hall–Kier alpha value is -1.52. The molecule has 5 nitrogen and oxygen atoms in total. The first-order valence-electron chi connectivity index (χ1n) is 6.24. The van der Waals surface area contributed by atoms with Crippen LogP contribution in [0.4, 0.5) is 4.79 Å². The van der Waals surface area contributed by atoms with Gasteiger partial charge in [0.25, 0.3) is 0 Å². The number of amides is 1. The molecule has 18 heavy (non-hydrogen) atoms. The molecule has 102 valence electrons. The van der Waals surface area contributed by atoms with Crippen LogP contribution in [-0.2, 0) is 11.3 Å². The third-order valence-corrected chi connectivity index (χ3v) is 2.13. The van der Waals surface area contributed by atoms with E-state index in [9.17, 15) is 4.79 Å². The molecule has 0 aliphatic carbocycles. The van der Waals surface area contributed by atoms with Gasteiger partial charge in [0, 0.05) is 18.9 Å². The Kier molecular flexibility index (Phi) is 4.76. The smallest absolute Gasteiger partial charge is 0.410 e. The van der Waals surface area contributed by atoms with E-state index in [-0.39, 0.29) is 6.09 Å². The molecular formula is C13H23N3O2. The summed E-state index contributed by atoms with van der Waals surface area (Å²) in [7, 11) is 0. The molecule has 1 rings (SSSR count). The highest BCUT2D eigenvalue weighted by molar-refractivity contribution is 5.68. The molecule has 1 heterocycles. The van der Waals surface area contributed by atoms with Crippen molar-refractivity contribution in [1.29, 1.82) is 0 Å². The quantitative estimate of drug-likeness (QED) is 0.897. The number of hydrogen-bond donors (Lipinski definition) is 1. The third-order valence-electron chi connectivity index (χ3n) is 2.13. The minimum atomic E-state index is -0.477. The Bertz CT molecular complexity index is 366. The van der Waals surface area contributed by atoms with E-state index in [2.05, 4.69) is 23.8 Å². The van der Waals surface area contributed by atoms with Gasteiger partial charge in [0.15, 0.2) is 0 Å². The number of nitrogens with one attached hydrogen (secondary N) is 1. The summed E-state index contributed by atoms with van der Waals surface area (Å²) in [4.78, 5) is 20.9. The number of ether oxygens (including phenoxy) is 1.